The molecule has 0 N–H and O–H groups in total. The van der Waals surface area contributed by atoms with Crippen LogP contribution in [-0.2, 0) is 9.53 Å². The molecule has 2 atom stereocenters. The summed E-state index contributed by atoms with van der Waals surface area (Å²) >= 11 is 5.89. The highest BCUT2D eigenvalue weighted by Crippen LogP contribution is 2.30. The van der Waals surface area contributed by atoms with Crippen LogP contribution in [0.2, 0.25) is 5.02 Å². The maximum Gasteiger partial charge on any atom is 0.293 e. The first-order valence-corrected chi connectivity index (χ1v) is 6.65. The Morgan fingerprint density at radius 1 is 1.39 bits per heavy atom. The van der Waals surface area contributed by atoms with Gasteiger partial charge in [-0.1, -0.05) is 30.2 Å². The fourth-order valence-electron chi connectivity index (χ4n) is 2.59. The zero-order valence-electron chi connectivity index (χ0n) is 10.5. The molecule has 1 aliphatic heterocycles. The third-order valence-electron chi connectivity index (χ3n) is 3.58. The fourth-order valence-corrected chi connectivity index (χ4v) is 2.71. The second-order valence-corrected chi connectivity index (χ2v) is 5.18. The SMILES string of the molecule is CN1CCCCC1C(OC=O)c1ccc(Cl)cc1. The molecule has 0 spiro atoms. The molecule has 2 rings (SSSR count). The van der Waals surface area contributed by atoms with E-state index in [9.17, 15) is 4.79 Å². The monoisotopic (exact) mass is 267 g/mol. The molecule has 1 aromatic rings. The van der Waals surface area contributed by atoms with E-state index in [4.69, 9.17) is 16.3 Å². The Bertz CT molecular complexity index is 393. The summed E-state index contributed by atoms with van der Waals surface area (Å²) in [5.41, 5.74) is 1.00. The second kappa shape index (κ2) is 6.21. The normalized spacial score (nSPS) is 22.4. The average Bonchev–Trinajstić information content (AvgIpc) is 2.38. The van der Waals surface area contributed by atoms with Crippen LogP contribution in [0.25, 0.3) is 0 Å². The molecule has 1 saturated heterocycles. The summed E-state index contributed by atoms with van der Waals surface area (Å²) < 4.78 is 5.31. The van der Waals surface area contributed by atoms with E-state index in [0.29, 0.717) is 11.5 Å². The number of carbonyl (C=O) groups is 1. The van der Waals surface area contributed by atoms with Gasteiger partial charge in [-0.3, -0.25) is 9.69 Å². The average molecular weight is 268 g/mol. The van der Waals surface area contributed by atoms with Crippen molar-refractivity contribution in [2.24, 2.45) is 0 Å². The van der Waals surface area contributed by atoms with Crippen molar-refractivity contribution in [3.8, 4) is 0 Å². The first-order chi connectivity index (χ1) is 8.72. The number of carbonyl (C=O) groups excluding carboxylic acids is 1. The highest BCUT2D eigenvalue weighted by atomic mass is 35.5. The van der Waals surface area contributed by atoms with Gasteiger partial charge in [0.1, 0.15) is 6.10 Å². The predicted octanol–water partition coefficient (Wildman–Crippen LogP) is 3.04. The summed E-state index contributed by atoms with van der Waals surface area (Å²) in [6.07, 6.45) is 3.24. The topological polar surface area (TPSA) is 29.5 Å². The van der Waals surface area contributed by atoms with Crippen LogP contribution >= 0.6 is 11.6 Å². The first-order valence-electron chi connectivity index (χ1n) is 6.27. The van der Waals surface area contributed by atoms with Crippen LogP contribution in [0.15, 0.2) is 24.3 Å². The molecule has 0 saturated carbocycles. The van der Waals surface area contributed by atoms with E-state index >= 15 is 0 Å². The molecule has 1 fully saturated rings. The van der Waals surface area contributed by atoms with E-state index in [1.807, 2.05) is 24.3 Å². The van der Waals surface area contributed by atoms with Gasteiger partial charge in [0.05, 0.1) is 6.04 Å². The van der Waals surface area contributed by atoms with Crippen molar-refractivity contribution < 1.29 is 9.53 Å². The first kappa shape index (κ1) is 13.4. The molecule has 0 aliphatic carbocycles. The Hall–Kier alpha value is -1.06. The second-order valence-electron chi connectivity index (χ2n) is 4.75. The van der Waals surface area contributed by atoms with E-state index in [2.05, 4.69) is 11.9 Å². The predicted molar refractivity (Wildman–Crippen MR) is 71.6 cm³/mol. The fraction of sp³-hybridized carbons (Fsp3) is 0.500. The Balaban J connectivity index is 2.21. The van der Waals surface area contributed by atoms with Crippen molar-refractivity contribution in [1.82, 2.24) is 4.90 Å². The molecule has 18 heavy (non-hydrogen) atoms. The summed E-state index contributed by atoms with van der Waals surface area (Å²) in [6, 6.07) is 7.78. The molecule has 0 aromatic heterocycles. The number of piperidine rings is 1. The number of likely N-dealkylation sites (N-methyl/N-ethyl adjacent to an activating group) is 1. The van der Waals surface area contributed by atoms with Crippen LogP contribution in [0, 0.1) is 0 Å². The van der Waals surface area contributed by atoms with Crippen LogP contribution in [0.5, 0.6) is 0 Å². The molecular weight excluding hydrogens is 250 g/mol. The molecule has 98 valence electrons. The van der Waals surface area contributed by atoms with Crippen LogP contribution < -0.4 is 0 Å². The molecule has 4 heteroatoms. The number of likely N-dealkylation sites (tertiary alicyclic amines) is 1. The lowest BCUT2D eigenvalue weighted by molar-refractivity contribution is -0.138. The van der Waals surface area contributed by atoms with Crippen molar-refractivity contribution in [3.63, 3.8) is 0 Å². The van der Waals surface area contributed by atoms with Gasteiger partial charge in [0.15, 0.2) is 0 Å². The summed E-state index contributed by atoms with van der Waals surface area (Å²) in [4.78, 5) is 13.0. The number of nitrogens with zero attached hydrogens (tertiary/aromatic N) is 1. The van der Waals surface area contributed by atoms with E-state index in [1.54, 1.807) is 0 Å². The Morgan fingerprint density at radius 2 is 2.11 bits per heavy atom. The van der Waals surface area contributed by atoms with Gasteiger partial charge < -0.3 is 4.74 Å². The lowest BCUT2D eigenvalue weighted by atomic mass is 9.93. The van der Waals surface area contributed by atoms with Gasteiger partial charge in [-0.25, -0.2) is 0 Å². The van der Waals surface area contributed by atoms with Gasteiger partial charge in [-0.05, 0) is 44.1 Å². The van der Waals surface area contributed by atoms with Gasteiger partial charge in [0.2, 0.25) is 0 Å². The van der Waals surface area contributed by atoms with E-state index in [0.717, 1.165) is 18.5 Å². The molecule has 0 bridgehead atoms. The maximum absolute atomic E-state index is 10.7. The van der Waals surface area contributed by atoms with Crippen LogP contribution in [-0.4, -0.2) is 31.0 Å². The van der Waals surface area contributed by atoms with Crippen LogP contribution in [0.1, 0.15) is 30.9 Å². The number of halogens is 1. The Morgan fingerprint density at radius 3 is 2.72 bits per heavy atom. The summed E-state index contributed by atoms with van der Waals surface area (Å²) in [6.45, 7) is 1.60. The smallest absolute Gasteiger partial charge is 0.293 e. The lowest BCUT2D eigenvalue weighted by Gasteiger charge is -2.37. The molecule has 1 aromatic carbocycles. The number of benzene rings is 1. The Labute approximate surface area is 113 Å². The molecule has 1 heterocycles. The number of hydrogen-bond donors (Lipinski definition) is 0. The minimum Gasteiger partial charge on any atom is -0.458 e. The maximum atomic E-state index is 10.7. The van der Waals surface area contributed by atoms with E-state index in [-0.39, 0.29) is 12.1 Å². The van der Waals surface area contributed by atoms with Gasteiger partial charge in [-0.15, -0.1) is 0 Å². The third kappa shape index (κ3) is 3.03. The quantitative estimate of drug-likeness (QED) is 0.786. The molecule has 0 radical (unpaired) electrons. The van der Waals surface area contributed by atoms with Gasteiger partial charge in [0, 0.05) is 5.02 Å². The van der Waals surface area contributed by atoms with Gasteiger partial charge >= 0.3 is 0 Å². The molecular formula is C14H18ClNO2. The molecule has 1 aliphatic rings. The summed E-state index contributed by atoms with van der Waals surface area (Å²) in [5.74, 6) is 0. The highest BCUT2D eigenvalue weighted by molar-refractivity contribution is 6.30. The number of hydrogen-bond acceptors (Lipinski definition) is 3. The number of rotatable bonds is 4. The molecule has 2 unspecified atom stereocenters. The van der Waals surface area contributed by atoms with E-state index < -0.39 is 0 Å². The summed E-state index contributed by atoms with van der Waals surface area (Å²) in [7, 11) is 2.08. The lowest BCUT2D eigenvalue weighted by Crippen LogP contribution is -2.41. The van der Waals surface area contributed by atoms with E-state index in [1.165, 1.54) is 12.8 Å². The largest absolute Gasteiger partial charge is 0.458 e. The van der Waals surface area contributed by atoms with Crippen molar-refractivity contribution in [3.05, 3.63) is 34.9 Å². The van der Waals surface area contributed by atoms with Crippen LogP contribution in [0.3, 0.4) is 0 Å². The van der Waals surface area contributed by atoms with Gasteiger partial charge in [-0.2, -0.15) is 0 Å². The summed E-state index contributed by atoms with van der Waals surface area (Å²) in [5, 5.41) is 0.695. The zero-order valence-corrected chi connectivity index (χ0v) is 11.3. The minimum absolute atomic E-state index is 0.204. The van der Waals surface area contributed by atoms with Crippen molar-refractivity contribution in [1.29, 1.82) is 0 Å². The van der Waals surface area contributed by atoms with Crippen LogP contribution in [0.4, 0.5) is 0 Å². The van der Waals surface area contributed by atoms with Crippen molar-refractivity contribution in [2.45, 2.75) is 31.4 Å². The highest BCUT2D eigenvalue weighted by Gasteiger charge is 2.30. The van der Waals surface area contributed by atoms with Crippen molar-refractivity contribution in [2.75, 3.05) is 13.6 Å². The van der Waals surface area contributed by atoms with Crippen molar-refractivity contribution >= 4 is 18.1 Å². The number of ether oxygens (including phenoxy) is 1. The third-order valence-corrected chi connectivity index (χ3v) is 3.83. The standard InChI is InChI=1S/C14H18ClNO2/c1-16-9-3-2-4-13(16)14(18-10-17)11-5-7-12(15)8-6-11/h5-8,10,13-14H,2-4,9H2,1H3. The molecule has 0 amide bonds. The Kier molecular flexibility index (Phi) is 4.61. The van der Waals surface area contributed by atoms with Gasteiger partial charge in [0.25, 0.3) is 6.47 Å². The molecule has 3 nitrogen and oxygen atoms in total. The zero-order chi connectivity index (χ0) is 13.0. The minimum atomic E-state index is -0.204.